The van der Waals surface area contributed by atoms with E-state index >= 15 is 0 Å². The van der Waals surface area contributed by atoms with E-state index in [0.717, 1.165) is 12.1 Å². The van der Waals surface area contributed by atoms with Crippen LogP contribution in [0.2, 0.25) is 0 Å². The number of hydrogen-bond donors (Lipinski definition) is 0. The maximum Gasteiger partial charge on any atom is 0.514 e. The summed E-state index contributed by atoms with van der Waals surface area (Å²) in [7, 11) is -4.94. The molecule has 24 heteroatoms. The van der Waals surface area contributed by atoms with Gasteiger partial charge in [0.05, 0.1) is 38.0 Å². The quantitative estimate of drug-likeness (QED) is 0.00784. The number of benzene rings is 3. The van der Waals surface area contributed by atoms with Crippen LogP contribution in [0.3, 0.4) is 0 Å². The number of Topliss-reactive ketones (excluding diaryl/α,β-unsaturated/α-hetero) is 1. The van der Waals surface area contributed by atoms with Crippen molar-refractivity contribution in [2.75, 3.05) is 52.8 Å². The molecule has 358 valence electrons. The second kappa shape index (κ2) is 26.4. The third-order valence-electron chi connectivity index (χ3n) is 9.47. The average molecular weight is 947 g/mol. The number of nitro groups is 1. The Kier molecular flexibility index (Phi) is 20.8. The predicted molar refractivity (Wildman–Crippen MR) is 227 cm³/mol. The predicted octanol–water partition coefficient (Wildman–Crippen LogP) is 6.21. The highest BCUT2D eigenvalue weighted by molar-refractivity contribution is 7.82. The maximum absolute atomic E-state index is 13.4. The maximum atomic E-state index is 13.4. The van der Waals surface area contributed by atoms with E-state index in [0.29, 0.717) is 25.2 Å². The minimum atomic E-state index is -4.94. The molecule has 1 aliphatic rings. The smallest absolute Gasteiger partial charge is 0.463 e. The van der Waals surface area contributed by atoms with Gasteiger partial charge in [-0.15, -0.1) is 8.42 Å². The number of esters is 2. The molecule has 4 rings (SSSR count). The van der Waals surface area contributed by atoms with Gasteiger partial charge in [0.25, 0.3) is 5.69 Å². The second-order valence-corrected chi connectivity index (χ2v) is 15.5. The summed E-state index contributed by atoms with van der Waals surface area (Å²) < 4.78 is 86.7. The fourth-order valence-corrected chi connectivity index (χ4v) is 6.76. The van der Waals surface area contributed by atoms with Crippen LogP contribution in [0.25, 0.3) is 10.4 Å². The summed E-state index contributed by atoms with van der Waals surface area (Å²) >= 11 is 0. The van der Waals surface area contributed by atoms with Gasteiger partial charge in [-0.3, -0.25) is 24.5 Å². The van der Waals surface area contributed by atoms with E-state index in [9.17, 15) is 37.7 Å². The van der Waals surface area contributed by atoms with Gasteiger partial charge in [0.15, 0.2) is 17.3 Å². The lowest BCUT2D eigenvalue weighted by atomic mass is 9.84. The molecule has 0 radical (unpaired) electrons. The van der Waals surface area contributed by atoms with Crippen LogP contribution >= 0.6 is 0 Å². The molecule has 1 aliphatic heterocycles. The standard InChI is InChI=1S/C42H50N4O19S/c1-27-28(2)41(63-39(26-58-29(3)47)40(27)60-30(4)48)62-37-16-9-32(36(49)6-5-18-55-20-22-57-23-21-56-19-17-44-45-43)24-38(37)65-66(53,54)64-35-12-7-31(8-13-35)25-59-42(50)61-34-14-10-33(11-15-34)46(51)52/h7-16,24,27-28,39-41H,5-6,17-23,25-26H2,1-4H3/t27-,28-,39-,40-,41-/m1/s1. The zero-order chi connectivity index (χ0) is 48.1. The van der Waals surface area contributed by atoms with Crippen LogP contribution in [-0.2, 0) is 59.8 Å². The summed E-state index contributed by atoms with van der Waals surface area (Å²) in [4.78, 5) is 62.0. The highest BCUT2D eigenvalue weighted by atomic mass is 32.3. The van der Waals surface area contributed by atoms with Crippen molar-refractivity contribution in [3.05, 3.63) is 98.4 Å². The number of hydrogen-bond acceptors (Lipinski definition) is 20. The lowest BCUT2D eigenvalue weighted by Gasteiger charge is -2.43. The molecule has 1 saturated heterocycles. The Balaban J connectivity index is 1.42. The van der Waals surface area contributed by atoms with Gasteiger partial charge in [-0.2, -0.15) is 0 Å². The SMILES string of the molecule is CC(=O)OC[C@H]1O[C@@H](Oc2ccc(C(=O)CCCOCCOCCOCCN=[N+]=[N-])cc2OS(=O)(=O)Oc2ccc(COC(=O)Oc3ccc([N+](=O)[O-])cc3)cc2)[C@H](C)[C@@H](C)[C@H]1OC(C)=O. The molecule has 0 unspecified atom stereocenters. The van der Waals surface area contributed by atoms with Crippen molar-refractivity contribution >= 4 is 40.0 Å². The van der Waals surface area contributed by atoms with Crippen molar-refractivity contribution in [3.63, 3.8) is 0 Å². The molecule has 23 nitrogen and oxygen atoms in total. The fraction of sp³-hybridized carbons (Fsp3) is 0.476. The Bertz CT molecular complexity index is 2260. The molecule has 0 saturated carbocycles. The summed E-state index contributed by atoms with van der Waals surface area (Å²) in [6, 6.07) is 14.0. The molecule has 0 bridgehead atoms. The summed E-state index contributed by atoms with van der Waals surface area (Å²) in [5.74, 6) is -3.27. The number of azide groups is 1. The molecule has 0 aromatic heterocycles. The van der Waals surface area contributed by atoms with Crippen LogP contribution in [0, 0.1) is 22.0 Å². The van der Waals surface area contributed by atoms with Gasteiger partial charge >= 0.3 is 28.5 Å². The third-order valence-corrected chi connectivity index (χ3v) is 10.2. The molecule has 1 heterocycles. The molecular weight excluding hydrogens is 897 g/mol. The van der Waals surface area contributed by atoms with Crippen LogP contribution in [-0.4, -0.2) is 109 Å². The number of nitro benzene ring substituents is 1. The minimum absolute atomic E-state index is 0.0126. The van der Waals surface area contributed by atoms with E-state index in [1.807, 2.05) is 0 Å². The number of ether oxygens (including phenoxy) is 9. The highest BCUT2D eigenvalue weighted by Crippen LogP contribution is 2.38. The molecular formula is C42H50N4O19S. The first kappa shape index (κ1) is 52.1. The summed E-state index contributed by atoms with van der Waals surface area (Å²) in [5, 5.41) is 14.2. The van der Waals surface area contributed by atoms with Gasteiger partial charge < -0.3 is 51.0 Å². The van der Waals surface area contributed by atoms with E-state index in [4.69, 9.17) is 56.5 Å². The number of nitrogens with zero attached hydrogens (tertiary/aromatic N) is 4. The number of carbonyl (C=O) groups is 4. The number of carbonyl (C=O) groups excluding carboxylic acids is 4. The van der Waals surface area contributed by atoms with Crippen molar-refractivity contribution in [2.45, 2.75) is 65.6 Å². The Morgan fingerprint density at radius 2 is 1.45 bits per heavy atom. The molecule has 1 fully saturated rings. The van der Waals surface area contributed by atoms with Crippen molar-refractivity contribution in [2.24, 2.45) is 17.0 Å². The number of non-ortho nitro benzene ring substituents is 1. The van der Waals surface area contributed by atoms with Crippen LogP contribution in [0.4, 0.5) is 10.5 Å². The fourth-order valence-electron chi connectivity index (χ4n) is 6.03. The summed E-state index contributed by atoms with van der Waals surface area (Å²) in [5.41, 5.74) is 8.55. The van der Waals surface area contributed by atoms with Crippen LogP contribution < -0.4 is 17.8 Å². The Morgan fingerprint density at radius 3 is 2.09 bits per heavy atom. The van der Waals surface area contributed by atoms with Crippen LogP contribution in [0.1, 0.15) is 56.5 Å². The first-order chi connectivity index (χ1) is 31.5. The van der Waals surface area contributed by atoms with Crippen molar-refractivity contribution in [3.8, 4) is 23.0 Å². The normalized spacial score (nSPS) is 17.9. The Morgan fingerprint density at radius 1 is 0.803 bits per heavy atom. The van der Waals surface area contributed by atoms with Crippen molar-refractivity contribution in [1.82, 2.24) is 0 Å². The molecule has 0 spiro atoms. The topological polar surface area (TPSA) is 296 Å². The molecule has 3 aromatic carbocycles. The zero-order valence-electron chi connectivity index (χ0n) is 36.5. The largest absolute Gasteiger partial charge is 0.514 e. The van der Waals surface area contributed by atoms with E-state index in [-0.39, 0.29) is 86.9 Å². The van der Waals surface area contributed by atoms with Gasteiger partial charge in [0.2, 0.25) is 6.29 Å². The van der Waals surface area contributed by atoms with E-state index in [2.05, 4.69) is 10.0 Å². The lowest BCUT2D eigenvalue weighted by Crippen LogP contribution is -2.54. The number of rotatable bonds is 27. The van der Waals surface area contributed by atoms with Gasteiger partial charge in [0, 0.05) is 67.9 Å². The molecule has 0 aliphatic carbocycles. The van der Waals surface area contributed by atoms with Gasteiger partial charge in [0.1, 0.15) is 36.9 Å². The van der Waals surface area contributed by atoms with Gasteiger partial charge in [-0.25, -0.2) is 4.79 Å². The zero-order valence-corrected chi connectivity index (χ0v) is 37.3. The van der Waals surface area contributed by atoms with Crippen LogP contribution in [0.5, 0.6) is 23.0 Å². The summed E-state index contributed by atoms with van der Waals surface area (Å²) in [6.45, 7) is 7.30. The van der Waals surface area contributed by atoms with E-state index < -0.39 is 69.5 Å². The first-order valence-corrected chi connectivity index (χ1v) is 21.7. The summed E-state index contributed by atoms with van der Waals surface area (Å²) in [6.07, 6.45) is -3.68. The Labute approximate surface area is 379 Å². The monoisotopic (exact) mass is 946 g/mol. The van der Waals surface area contributed by atoms with Gasteiger partial charge in [-0.1, -0.05) is 31.1 Å². The second-order valence-electron chi connectivity index (χ2n) is 14.3. The number of ketones is 1. The average Bonchev–Trinajstić information content (AvgIpc) is 3.27. The van der Waals surface area contributed by atoms with Crippen LogP contribution in [0.15, 0.2) is 71.8 Å². The first-order valence-electron chi connectivity index (χ1n) is 20.4. The van der Waals surface area contributed by atoms with Crippen molar-refractivity contribution in [1.29, 1.82) is 0 Å². The minimum Gasteiger partial charge on any atom is -0.463 e. The van der Waals surface area contributed by atoms with Crippen molar-refractivity contribution < 1.29 is 83.5 Å². The molecule has 0 N–H and O–H groups in total. The van der Waals surface area contributed by atoms with E-state index in [1.54, 1.807) is 13.8 Å². The lowest BCUT2D eigenvalue weighted by molar-refractivity contribution is -0.384. The Hall–Kier alpha value is -6.56. The highest BCUT2D eigenvalue weighted by Gasteiger charge is 2.45. The van der Waals surface area contributed by atoms with E-state index in [1.165, 1.54) is 68.4 Å². The molecule has 66 heavy (non-hydrogen) atoms. The molecule has 3 aromatic rings. The third kappa shape index (κ3) is 17.8. The van der Waals surface area contributed by atoms with Gasteiger partial charge in [-0.05, 0) is 60.0 Å². The molecule has 5 atom stereocenters. The molecule has 0 amide bonds.